The predicted octanol–water partition coefficient (Wildman–Crippen LogP) is 1.43. The van der Waals surface area contributed by atoms with Gasteiger partial charge in [0, 0.05) is 13.1 Å². The molecule has 0 bridgehead atoms. The van der Waals surface area contributed by atoms with E-state index in [0.29, 0.717) is 44.6 Å². The van der Waals surface area contributed by atoms with Gasteiger partial charge in [-0.15, -0.1) is 0 Å². The predicted molar refractivity (Wildman–Crippen MR) is 117 cm³/mol. The zero-order chi connectivity index (χ0) is 23.3. The van der Waals surface area contributed by atoms with Crippen LogP contribution in [0.15, 0.2) is 11.1 Å². The second-order valence-corrected chi connectivity index (χ2v) is 10.3. The second-order valence-electron chi connectivity index (χ2n) is 10.3. The van der Waals surface area contributed by atoms with Crippen LogP contribution in [0.1, 0.15) is 53.0 Å². The van der Waals surface area contributed by atoms with Gasteiger partial charge in [0.25, 0.3) is 5.56 Å². The van der Waals surface area contributed by atoms with Gasteiger partial charge in [0.1, 0.15) is 5.60 Å². The minimum Gasteiger partial charge on any atom is -0.444 e. The van der Waals surface area contributed by atoms with E-state index < -0.39 is 22.8 Å². The Kier molecular flexibility index (Phi) is 5.44. The first-order valence-electron chi connectivity index (χ1n) is 10.9. The Hall–Kier alpha value is -2.66. The van der Waals surface area contributed by atoms with E-state index in [9.17, 15) is 14.7 Å². The molecule has 4 heterocycles. The van der Waals surface area contributed by atoms with Gasteiger partial charge < -0.3 is 29.8 Å². The normalized spacial score (nSPS) is 26.3. The Balaban J connectivity index is 1.53. The Morgan fingerprint density at radius 2 is 2.06 bits per heavy atom. The number of aliphatic hydroxyl groups is 1. The average molecular weight is 449 g/mol. The van der Waals surface area contributed by atoms with Gasteiger partial charge in [0.15, 0.2) is 11.2 Å². The highest BCUT2D eigenvalue weighted by atomic mass is 16.6. The topological polar surface area (TPSA) is 149 Å². The first-order valence-corrected chi connectivity index (χ1v) is 10.9. The fraction of sp³-hybridized carbons (Fsp3) is 0.714. The number of hydrogen-bond donors (Lipinski definition) is 3. The molecule has 0 aliphatic carbocycles. The number of nitrogens with one attached hydrogen (secondary N) is 1. The van der Waals surface area contributed by atoms with Crippen LogP contribution in [0.4, 0.5) is 10.7 Å². The number of likely N-dealkylation sites (tertiary alicyclic amines) is 1. The number of fused-ring (bicyclic) bond motifs is 1. The molecule has 11 nitrogen and oxygen atoms in total. The minimum atomic E-state index is -1.16. The van der Waals surface area contributed by atoms with Crippen LogP contribution in [-0.4, -0.2) is 73.1 Å². The van der Waals surface area contributed by atoms with Crippen molar-refractivity contribution in [1.29, 1.82) is 0 Å². The Morgan fingerprint density at radius 3 is 2.72 bits per heavy atom. The van der Waals surface area contributed by atoms with Crippen molar-refractivity contribution in [2.45, 2.75) is 64.2 Å². The molecule has 4 N–H and O–H groups in total. The molecule has 0 unspecified atom stereocenters. The van der Waals surface area contributed by atoms with Crippen LogP contribution in [0.25, 0.3) is 11.2 Å². The van der Waals surface area contributed by atoms with Crippen LogP contribution in [0.3, 0.4) is 0 Å². The number of nitrogen functional groups attached to an aromatic ring is 1. The Bertz CT molecular complexity index is 1060. The third-order valence-electron chi connectivity index (χ3n) is 6.40. The number of aromatic amines is 1. The van der Waals surface area contributed by atoms with Gasteiger partial charge in [-0.1, -0.05) is 0 Å². The summed E-state index contributed by atoms with van der Waals surface area (Å²) in [6.45, 7) is 9.13. The number of rotatable bonds is 1. The molecule has 2 fully saturated rings. The quantitative estimate of drug-likeness (QED) is 0.593. The highest BCUT2D eigenvalue weighted by molar-refractivity contribution is 5.70. The first kappa shape index (κ1) is 22.5. The number of nitrogens with two attached hydrogens (primary N) is 1. The lowest BCUT2D eigenvalue weighted by Gasteiger charge is -2.44. The summed E-state index contributed by atoms with van der Waals surface area (Å²) >= 11 is 0. The van der Waals surface area contributed by atoms with Gasteiger partial charge in [0.05, 0.1) is 31.2 Å². The summed E-state index contributed by atoms with van der Waals surface area (Å²) in [5, 5.41) is 11.6. The summed E-state index contributed by atoms with van der Waals surface area (Å²) in [5.41, 5.74) is 3.82. The van der Waals surface area contributed by atoms with Gasteiger partial charge >= 0.3 is 6.09 Å². The number of piperidine rings is 1. The van der Waals surface area contributed by atoms with Gasteiger partial charge in [0.2, 0.25) is 5.95 Å². The fourth-order valence-electron chi connectivity index (χ4n) is 4.86. The molecular weight excluding hydrogens is 416 g/mol. The molecule has 2 atom stereocenters. The van der Waals surface area contributed by atoms with Gasteiger partial charge in [-0.05, 0) is 52.4 Å². The molecule has 2 aromatic heterocycles. The Labute approximate surface area is 185 Å². The van der Waals surface area contributed by atoms with E-state index >= 15 is 0 Å². The van der Waals surface area contributed by atoms with Crippen LogP contribution < -0.4 is 11.3 Å². The van der Waals surface area contributed by atoms with Crippen molar-refractivity contribution in [3.8, 4) is 0 Å². The molecule has 2 saturated heterocycles. The SMILES string of the molecule is CC(C)(C)OC(=O)N1CCC2(CC1)COC[C@@H](n1cnc3c(=O)[nH]c(N)nc31)[C@](C)(O)C2. The smallest absolute Gasteiger partial charge is 0.410 e. The maximum absolute atomic E-state index is 12.4. The van der Waals surface area contributed by atoms with Crippen molar-refractivity contribution in [2.75, 3.05) is 32.0 Å². The fourth-order valence-corrected chi connectivity index (χ4v) is 4.86. The molecule has 0 saturated carbocycles. The van der Waals surface area contributed by atoms with E-state index in [1.165, 1.54) is 6.33 Å². The first-order chi connectivity index (χ1) is 14.9. The molecule has 1 amide bonds. The highest BCUT2D eigenvalue weighted by Gasteiger charge is 2.48. The molecule has 0 radical (unpaired) electrons. The summed E-state index contributed by atoms with van der Waals surface area (Å²) < 4.78 is 13.2. The molecule has 2 aliphatic heterocycles. The van der Waals surface area contributed by atoms with Crippen LogP contribution in [-0.2, 0) is 9.47 Å². The molecular formula is C21H32N6O5. The number of hydrogen-bond acceptors (Lipinski definition) is 8. The third-order valence-corrected chi connectivity index (χ3v) is 6.40. The number of ether oxygens (including phenoxy) is 2. The lowest BCUT2D eigenvalue weighted by molar-refractivity contribution is -0.0414. The van der Waals surface area contributed by atoms with Gasteiger partial charge in [-0.3, -0.25) is 9.78 Å². The van der Waals surface area contributed by atoms with Crippen molar-refractivity contribution in [1.82, 2.24) is 24.4 Å². The van der Waals surface area contributed by atoms with Crippen molar-refractivity contribution in [3.05, 3.63) is 16.7 Å². The molecule has 2 aromatic rings. The highest BCUT2D eigenvalue weighted by Crippen LogP contribution is 2.45. The van der Waals surface area contributed by atoms with E-state index in [4.69, 9.17) is 15.2 Å². The summed E-state index contributed by atoms with van der Waals surface area (Å²) in [5.74, 6) is -0.00980. The minimum absolute atomic E-state index is 0.00980. The van der Waals surface area contributed by atoms with Gasteiger partial charge in [-0.25, -0.2) is 9.78 Å². The van der Waals surface area contributed by atoms with Crippen LogP contribution in [0.5, 0.6) is 0 Å². The number of aromatic nitrogens is 4. The van der Waals surface area contributed by atoms with E-state index in [0.717, 1.165) is 0 Å². The molecule has 0 aromatic carbocycles. The standard InChI is InChI=1S/C21H32N6O5/c1-19(2,3)32-18(29)26-7-5-21(6-8-26)10-20(4,30)13(9-31-11-21)27-12-23-14-15(27)24-17(22)25-16(14)28/h12-13,30H,5-11H2,1-4H3,(H3,22,24,25,28)/t13-,20-/m1/s1. The van der Waals surface area contributed by atoms with Crippen LogP contribution >= 0.6 is 0 Å². The number of H-pyrrole nitrogens is 1. The van der Waals surface area contributed by atoms with E-state index in [-0.39, 0.29) is 29.6 Å². The number of imidazole rings is 1. The monoisotopic (exact) mass is 448 g/mol. The Morgan fingerprint density at radius 1 is 1.38 bits per heavy atom. The maximum Gasteiger partial charge on any atom is 0.410 e. The number of carbonyl (C=O) groups excluding carboxylic acids is 1. The van der Waals surface area contributed by atoms with Crippen LogP contribution in [0, 0.1) is 5.41 Å². The van der Waals surface area contributed by atoms with Crippen molar-refractivity contribution in [3.63, 3.8) is 0 Å². The van der Waals surface area contributed by atoms with Crippen LogP contribution in [0.2, 0.25) is 0 Å². The van der Waals surface area contributed by atoms with Crippen molar-refractivity contribution >= 4 is 23.2 Å². The largest absolute Gasteiger partial charge is 0.444 e. The summed E-state index contributed by atoms with van der Waals surface area (Å²) in [7, 11) is 0. The van der Waals surface area contributed by atoms with E-state index in [1.807, 2.05) is 20.8 Å². The van der Waals surface area contributed by atoms with Crippen molar-refractivity contribution < 1.29 is 19.4 Å². The zero-order valence-corrected chi connectivity index (χ0v) is 19.1. The maximum atomic E-state index is 12.4. The molecule has 32 heavy (non-hydrogen) atoms. The number of anilines is 1. The summed E-state index contributed by atoms with van der Waals surface area (Å²) in [4.78, 5) is 37.1. The second kappa shape index (κ2) is 7.73. The zero-order valence-electron chi connectivity index (χ0n) is 19.1. The van der Waals surface area contributed by atoms with E-state index in [2.05, 4.69) is 15.0 Å². The lowest BCUT2D eigenvalue weighted by atomic mass is 9.70. The molecule has 176 valence electrons. The number of nitrogens with zero attached hydrogens (tertiary/aromatic N) is 4. The van der Waals surface area contributed by atoms with Crippen molar-refractivity contribution in [2.24, 2.45) is 5.41 Å². The van der Waals surface area contributed by atoms with E-state index in [1.54, 1.807) is 16.4 Å². The molecule has 4 rings (SSSR count). The molecule has 1 spiro atoms. The summed E-state index contributed by atoms with van der Waals surface area (Å²) in [6, 6.07) is -0.496. The molecule has 2 aliphatic rings. The molecule has 11 heteroatoms. The number of amides is 1. The average Bonchev–Trinajstić information content (AvgIpc) is 3.02. The lowest BCUT2D eigenvalue weighted by Crippen LogP contribution is -2.49. The summed E-state index contributed by atoms with van der Waals surface area (Å²) in [6.07, 6.45) is 3.06. The third kappa shape index (κ3) is 4.31. The number of carbonyl (C=O) groups is 1. The van der Waals surface area contributed by atoms with Gasteiger partial charge in [-0.2, -0.15) is 4.98 Å².